The molecule has 1 amide bonds. The van der Waals surface area contributed by atoms with Gasteiger partial charge in [0.15, 0.2) is 6.61 Å². The lowest BCUT2D eigenvalue weighted by Gasteiger charge is -2.07. The largest absolute Gasteiger partial charge is 0.386 e. The molecule has 1 N–H and O–H groups in total. The number of carbonyl (C=O) groups is 1. The maximum Gasteiger partial charge on any atom is 0.265 e. The average molecular weight is 310 g/mol. The number of nitrogens with zero attached hydrogens (tertiary/aromatic N) is 1. The van der Waals surface area contributed by atoms with E-state index in [0.717, 1.165) is 16.8 Å². The van der Waals surface area contributed by atoms with E-state index in [9.17, 15) is 4.79 Å². The Morgan fingerprint density at radius 3 is 2.52 bits per heavy atom. The normalized spacial score (nSPS) is 11.0. The van der Waals surface area contributed by atoms with Crippen LogP contribution >= 0.6 is 0 Å². The molecular weight excluding hydrogens is 288 g/mol. The van der Waals surface area contributed by atoms with Gasteiger partial charge in [-0.15, -0.1) is 0 Å². The number of rotatable bonds is 6. The van der Waals surface area contributed by atoms with Crippen molar-refractivity contribution < 1.29 is 9.63 Å². The first kappa shape index (κ1) is 16.7. The first-order valence-corrected chi connectivity index (χ1v) is 7.67. The second-order valence-corrected chi connectivity index (χ2v) is 5.69. The van der Waals surface area contributed by atoms with Crippen molar-refractivity contribution in [2.45, 2.75) is 26.7 Å². The van der Waals surface area contributed by atoms with Crippen molar-refractivity contribution >= 4 is 17.8 Å². The van der Waals surface area contributed by atoms with Gasteiger partial charge in [0.25, 0.3) is 5.91 Å². The number of amides is 1. The SMILES string of the molecule is Cc1ccccc1NC(=O)CO/N=C/c1ccc(C(C)C)cc1. The lowest BCUT2D eigenvalue weighted by atomic mass is 10.0. The molecule has 4 nitrogen and oxygen atoms in total. The van der Waals surface area contributed by atoms with Gasteiger partial charge in [-0.05, 0) is 35.6 Å². The van der Waals surface area contributed by atoms with E-state index >= 15 is 0 Å². The molecule has 0 aliphatic carbocycles. The van der Waals surface area contributed by atoms with Gasteiger partial charge in [0.1, 0.15) is 0 Å². The molecular formula is C19H22N2O2. The van der Waals surface area contributed by atoms with E-state index in [-0.39, 0.29) is 12.5 Å². The van der Waals surface area contributed by atoms with Crippen LogP contribution in [0.1, 0.15) is 36.5 Å². The fourth-order valence-corrected chi connectivity index (χ4v) is 2.06. The number of benzene rings is 2. The van der Waals surface area contributed by atoms with Gasteiger partial charge in [-0.25, -0.2) is 0 Å². The van der Waals surface area contributed by atoms with Crippen LogP contribution in [0.5, 0.6) is 0 Å². The third-order valence-electron chi connectivity index (χ3n) is 3.49. The third-order valence-corrected chi connectivity index (χ3v) is 3.49. The van der Waals surface area contributed by atoms with Crippen LogP contribution < -0.4 is 5.32 Å². The van der Waals surface area contributed by atoms with Gasteiger partial charge in [0.05, 0.1) is 6.21 Å². The van der Waals surface area contributed by atoms with Gasteiger partial charge in [0.2, 0.25) is 0 Å². The molecule has 2 rings (SSSR count). The number of para-hydroxylation sites is 1. The van der Waals surface area contributed by atoms with Gasteiger partial charge < -0.3 is 10.2 Å². The topological polar surface area (TPSA) is 50.7 Å². The van der Waals surface area contributed by atoms with Crippen LogP contribution in [-0.2, 0) is 9.63 Å². The average Bonchev–Trinajstić information content (AvgIpc) is 2.54. The first-order chi connectivity index (χ1) is 11.1. The zero-order chi connectivity index (χ0) is 16.7. The standard InChI is InChI=1S/C19H22N2O2/c1-14(2)17-10-8-16(9-11-17)12-20-23-13-19(22)21-18-7-5-4-6-15(18)3/h4-12,14H,13H2,1-3H3,(H,21,22)/b20-12+. The fourth-order valence-electron chi connectivity index (χ4n) is 2.06. The number of anilines is 1. The van der Waals surface area contributed by atoms with E-state index in [1.165, 1.54) is 5.56 Å². The van der Waals surface area contributed by atoms with Crippen molar-refractivity contribution in [1.82, 2.24) is 0 Å². The molecule has 0 aliphatic heterocycles. The smallest absolute Gasteiger partial charge is 0.265 e. The Kier molecular flexibility index (Phi) is 5.92. The molecule has 0 aliphatic rings. The van der Waals surface area contributed by atoms with Crippen molar-refractivity contribution in [3.05, 3.63) is 65.2 Å². The van der Waals surface area contributed by atoms with Crippen molar-refractivity contribution in [1.29, 1.82) is 0 Å². The molecule has 4 heteroatoms. The number of carbonyl (C=O) groups excluding carboxylic acids is 1. The number of nitrogens with one attached hydrogen (secondary N) is 1. The predicted octanol–water partition coefficient (Wildman–Crippen LogP) is 4.11. The molecule has 2 aromatic rings. The fraction of sp³-hybridized carbons (Fsp3) is 0.263. The summed E-state index contributed by atoms with van der Waals surface area (Å²) in [5.74, 6) is 0.272. The summed E-state index contributed by atoms with van der Waals surface area (Å²) in [6, 6.07) is 15.7. The highest BCUT2D eigenvalue weighted by atomic mass is 16.6. The molecule has 0 saturated heterocycles. The summed E-state index contributed by atoms with van der Waals surface area (Å²) in [4.78, 5) is 16.8. The molecule has 0 bridgehead atoms. The minimum atomic E-state index is -0.230. The van der Waals surface area contributed by atoms with Gasteiger partial charge in [0, 0.05) is 5.69 Å². The second kappa shape index (κ2) is 8.13. The van der Waals surface area contributed by atoms with Crippen molar-refractivity contribution in [3.8, 4) is 0 Å². The Bertz CT molecular complexity index is 676. The van der Waals surface area contributed by atoms with Crippen LogP contribution in [0.3, 0.4) is 0 Å². The minimum absolute atomic E-state index is 0.116. The van der Waals surface area contributed by atoms with Gasteiger partial charge in [-0.2, -0.15) is 0 Å². The molecule has 0 heterocycles. The molecule has 0 fully saturated rings. The van der Waals surface area contributed by atoms with Crippen molar-refractivity contribution in [2.24, 2.45) is 5.16 Å². The number of aryl methyl sites for hydroxylation is 1. The van der Waals surface area contributed by atoms with Crippen LogP contribution in [0.25, 0.3) is 0 Å². The lowest BCUT2D eigenvalue weighted by molar-refractivity contribution is -0.120. The summed E-state index contributed by atoms with van der Waals surface area (Å²) < 4.78 is 0. The van der Waals surface area contributed by atoms with Crippen LogP contribution in [0.15, 0.2) is 53.7 Å². The Labute approximate surface area is 137 Å². The maximum atomic E-state index is 11.8. The molecule has 0 radical (unpaired) electrons. The Balaban J connectivity index is 1.80. The van der Waals surface area contributed by atoms with E-state index in [1.807, 2.05) is 43.3 Å². The Morgan fingerprint density at radius 2 is 1.87 bits per heavy atom. The summed E-state index contributed by atoms with van der Waals surface area (Å²) in [5.41, 5.74) is 4.01. The van der Waals surface area contributed by atoms with Crippen LogP contribution in [0, 0.1) is 6.92 Å². The molecule has 23 heavy (non-hydrogen) atoms. The first-order valence-electron chi connectivity index (χ1n) is 7.67. The second-order valence-electron chi connectivity index (χ2n) is 5.69. The van der Waals surface area contributed by atoms with E-state index in [1.54, 1.807) is 6.21 Å². The zero-order valence-electron chi connectivity index (χ0n) is 13.7. The van der Waals surface area contributed by atoms with Crippen LogP contribution in [0.4, 0.5) is 5.69 Å². The minimum Gasteiger partial charge on any atom is -0.386 e. The highest BCUT2D eigenvalue weighted by Crippen LogP contribution is 2.14. The van der Waals surface area contributed by atoms with E-state index in [0.29, 0.717) is 5.92 Å². The Hall–Kier alpha value is -2.62. The molecule has 0 unspecified atom stereocenters. The van der Waals surface area contributed by atoms with Crippen molar-refractivity contribution in [3.63, 3.8) is 0 Å². The quantitative estimate of drug-likeness (QED) is 0.645. The zero-order valence-corrected chi connectivity index (χ0v) is 13.7. The number of hydrogen-bond donors (Lipinski definition) is 1. The molecule has 0 spiro atoms. The molecule has 0 saturated carbocycles. The molecule has 0 aromatic heterocycles. The highest BCUT2D eigenvalue weighted by molar-refractivity contribution is 5.92. The molecule has 0 atom stereocenters. The highest BCUT2D eigenvalue weighted by Gasteiger charge is 2.04. The lowest BCUT2D eigenvalue weighted by Crippen LogP contribution is -2.17. The summed E-state index contributed by atoms with van der Waals surface area (Å²) in [6.07, 6.45) is 1.60. The maximum absolute atomic E-state index is 11.8. The summed E-state index contributed by atoms with van der Waals surface area (Å²) >= 11 is 0. The number of oxime groups is 1. The van der Waals surface area contributed by atoms with Crippen LogP contribution in [-0.4, -0.2) is 18.7 Å². The van der Waals surface area contributed by atoms with Crippen molar-refractivity contribution in [2.75, 3.05) is 11.9 Å². The third kappa shape index (κ3) is 5.25. The van der Waals surface area contributed by atoms with E-state index in [2.05, 4.69) is 36.5 Å². The summed E-state index contributed by atoms with van der Waals surface area (Å²) in [6.45, 7) is 6.13. The van der Waals surface area contributed by atoms with E-state index in [4.69, 9.17) is 4.84 Å². The van der Waals surface area contributed by atoms with Gasteiger partial charge in [-0.3, -0.25) is 4.79 Å². The predicted molar refractivity (Wildman–Crippen MR) is 93.9 cm³/mol. The van der Waals surface area contributed by atoms with E-state index < -0.39 is 0 Å². The molecule has 120 valence electrons. The molecule has 2 aromatic carbocycles. The monoisotopic (exact) mass is 310 g/mol. The van der Waals surface area contributed by atoms with Gasteiger partial charge >= 0.3 is 0 Å². The van der Waals surface area contributed by atoms with Crippen LogP contribution in [0.2, 0.25) is 0 Å². The summed E-state index contributed by atoms with van der Waals surface area (Å²) in [5, 5.41) is 6.63. The summed E-state index contributed by atoms with van der Waals surface area (Å²) in [7, 11) is 0. The number of hydrogen-bond acceptors (Lipinski definition) is 3. The Morgan fingerprint density at radius 1 is 1.17 bits per heavy atom. The van der Waals surface area contributed by atoms with Gasteiger partial charge in [-0.1, -0.05) is 61.5 Å².